The molecule has 0 atom stereocenters. The van der Waals surface area contributed by atoms with Crippen molar-refractivity contribution < 1.29 is 12.9 Å². The lowest BCUT2D eigenvalue weighted by molar-refractivity contribution is 0.431. The number of sulfonamides is 1. The second-order valence-electron chi connectivity index (χ2n) is 6.04. The van der Waals surface area contributed by atoms with E-state index < -0.39 is 10.0 Å². The van der Waals surface area contributed by atoms with Crippen LogP contribution in [0.4, 0.5) is 5.69 Å². The molecule has 0 aliphatic carbocycles. The van der Waals surface area contributed by atoms with Crippen molar-refractivity contribution in [2.75, 3.05) is 11.0 Å². The van der Waals surface area contributed by atoms with Crippen molar-refractivity contribution in [2.24, 2.45) is 0 Å². The lowest BCUT2D eigenvalue weighted by Gasteiger charge is -2.05. The van der Waals surface area contributed by atoms with Crippen molar-refractivity contribution in [3.8, 4) is 29.0 Å². The highest BCUT2D eigenvalue weighted by atomic mass is 79.9. The molecule has 12 heteroatoms. The number of imidazole rings is 1. The highest BCUT2D eigenvalue weighted by Crippen LogP contribution is 2.31. The molecule has 146 valence electrons. The summed E-state index contributed by atoms with van der Waals surface area (Å²) in [6.07, 6.45) is 4.35. The van der Waals surface area contributed by atoms with Crippen LogP contribution < -0.4 is 4.72 Å². The van der Waals surface area contributed by atoms with Gasteiger partial charge in [0.15, 0.2) is 5.65 Å². The summed E-state index contributed by atoms with van der Waals surface area (Å²) < 4.78 is 32.7. The molecular formula is C17H10BrClN6O3S. The number of anilines is 1. The second kappa shape index (κ2) is 7.14. The average molecular weight is 494 g/mol. The summed E-state index contributed by atoms with van der Waals surface area (Å²) in [5.41, 5.74) is 2.27. The molecule has 0 saturated heterocycles. The van der Waals surface area contributed by atoms with Gasteiger partial charge in [-0.15, -0.1) is 0 Å². The maximum Gasteiger partial charge on any atom is 0.278 e. The van der Waals surface area contributed by atoms with E-state index in [9.17, 15) is 8.42 Å². The molecule has 3 aromatic heterocycles. The van der Waals surface area contributed by atoms with E-state index in [4.69, 9.17) is 21.4 Å². The highest BCUT2D eigenvalue weighted by Gasteiger charge is 2.17. The largest absolute Gasteiger partial charge is 0.332 e. The molecule has 29 heavy (non-hydrogen) atoms. The van der Waals surface area contributed by atoms with Gasteiger partial charge in [-0.3, -0.25) is 4.72 Å². The van der Waals surface area contributed by atoms with Crippen LogP contribution in [0.15, 0.2) is 45.7 Å². The number of benzene rings is 1. The van der Waals surface area contributed by atoms with Gasteiger partial charge in [0.25, 0.3) is 5.89 Å². The molecule has 4 aromatic rings. The number of hydrogen-bond donors (Lipinski definition) is 1. The van der Waals surface area contributed by atoms with Gasteiger partial charge in [0.1, 0.15) is 11.8 Å². The van der Waals surface area contributed by atoms with E-state index in [-0.39, 0.29) is 16.7 Å². The minimum Gasteiger partial charge on any atom is -0.332 e. The lowest BCUT2D eigenvalue weighted by atomic mass is 10.2. The van der Waals surface area contributed by atoms with Crippen LogP contribution in [0.2, 0.25) is 5.02 Å². The van der Waals surface area contributed by atoms with Crippen LogP contribution in [0.3, 0.4) is 0 Å². The number of rotatable bonds is 4. The van der Waals surface area contributed by atoms with Crippen LogP contribution in [0.25, 0.3) is 28.6 Å². The Bertz CT molecular complexity index is 1410. The summed E-state index contributed by atoms with van der Waals surface area (Å²) in [5, 5.41) is 13.3. The van der Waals surface area contributed by atoms with Gasteiger partial charge in [0, 0.05) is 23.6 Å². The van der Waals surface area contributed by atoms with E-state index >= 15 is 0 Å². The molecule has 0 amide bonds. The molecule has 4 rings (SSSR count). The number of pyridine rings is 1. The summed E-state index contributed by atoms with van der Waals surface area (Å²) in [6.45, 7) is 0. The monoisotopic (exact) mass is 492 g/mol. The minimum absolute atomic E-state index is 0.170. The first-order valence-electron chi connectivity index (χ1n) is 7.93. The third-order valence-electron chi connectivity index (χ3n) is 3.79. The van der Waals surface area contributed by atoms with Gasteiger partial charge in [-0.25, -0.2) is 13.4 Å². The van der Waals surface area contributed by atoms with E-state index in [1.54, 1.807) is 35.0 Å². The number of hydrogen-bond acceptors (Lipinski definition) is 7. The smallest absolute Gasteiger partial charge is 0.278 e. The first-order chi connectivity index (χ1) is 13.7. The molecule has 0 aliphatic rings. The Morgan fingerprint density at radius 1 is 1.28 bits per heavy atom. The molecule has 3 heterocycles. The molecule has 1 aromatic carbocycles. The van der Waals surface area contributed by atoms with E-state index in [1.807, 2.05) is 0 Å². The minimum atomic E-state index is -3.42. The molecule has 0 saturated carbocycles. The van der Waals surface area contributed by atoms with Crippen LogP contribution in [-0.2, 0) is 10.0 Å². The first kappa shape index (κ1) is 19.4. The average Bonchev–Trinajstić information content (AvgIpc) is 3.27. The standard InChI is InChI=1S/C17H10BrClN6O3S/c1-29(26,27)24-10-2-3-11(13(19)5-10)15-22-17(28-23-15)14-8-25-7-9(6-20)4-12(18)16(25)21-14/h2-5,7-8,24H,1H3. The number of aromatic nitrogens is 4. The molecule has 0 aliphatic heterocycles. The molecule has 0 radical (unpaired) electrons. The predicted molar refractivity (Wildman–Crippen MR) is 110 cm³/mol. The molecule has 0 bridgehead atoms. The first-order valence-corrected chi connectivity index (χ1v) is 11.0. The van der Waals surface area contributed by atoms with Gasteiger partial charge in [-0.1, -0.05) is 16.8 Å². The normalized spacial score (nSPS) is 11.5. The van der Waals surface area contributed by atoms with Crippen molar-refractivity contribution in [1.82, 2.24) is 19.5 Å². The Morgan fingerprint density at radius 3 is 2.76 bits per heavy atom. The van der Waals surface area contributed by atoms with E-state index in [0.717, 1.165) is 6.26 Å². The topological polar surface area (TPSA) is 126 Å². The van der Waals surface area contributed by atoms with Crippen LogP contribution >= 0.6 is 27.5 Å². The zero-order chi connectivity index (χ0) is 20.8. The van der Waals surface area contributed by atoms with Crippen molar-refractivity contribution in [1.29, 1.82) is 5.26 Å². The van der Waals surface area contributed by atoms with Crippen molar-refractivity contribution in [2.45, 2.75) is 0 Å². The number of fused-ring (bicyclic) bond motifs is 1. The zero-order valence-corrected chi connectivity index (χ0v) is 17.7. The Kier molecular flexibility index (Phi) is 4.77. The molecule has 0 fully saturated rings. The van der Waals surface area contributed by atoms with Crippen LogP contribution in [0, 0.1) is 11.3 Å². The fraction of sp³-hybridized carbons (Fsp3) is 0.0588. The number of nitrogens with one attached hydrogen (secondary N) is 1. The van der Waals surface area contributed by atoms with Crippen LogP contribution in [-0.4, -0.2) is 34.2 Å². The summed E-state index contributed by atoms with van der Waals surface area (Å²) in [7, 11) is -3.42. The molecule has 1 N–H and O–H groups in total. The maximum absolute atomic E-state index is 11.3. The quantitative estimate of drug-likeness (QED) is 0.459. The maximum atomic E-state index is 11.3. The zero-order valence-electron chi connectivity index (χ0n) is 14.6. The van der Waals surface area contributed by atoms with E-state index in [1.165, 1.54) is 6.07 Å². The van der Waals surface area contributed by atoms with E-state index in [2.05, 4.69) is 41.8 Å². The number of halogens is 2. The van der Waals surface area contributed by atoms with E-state index in [0.29, 0.717) is 32.6 Å². The van der Waals surface area contributed by atoms with Crippen LogP contribution in [0.1, 0.15) is 5.56 Å². The fourth-order valence-electron chi connectivity index (χ4n) is 2.63. The van der Waals surface area contributed by atoms with Gasteiger partial charge in [-0.05, 0) is 40.2 Å². The molecule has 0 unspecified atom stereocenters. The fourth-order valence-corrected chi connectivity index (χ4v) is 3.99. The number of nitrogens with zero attached hydrogens (tertiary/aromatic N) is 5. The van der Waals surface area contributed by atoms with Crippen LogP contribution in [0.5, 0.6) is 0 Å². The Hall–Kier alpha value is -2.94. The molecule has 0 spiro atoms. The SMILES string of the molecule is CS(=O)(=O)Nc1ccc(-c2noc(-c3cn4cc(C#N)cc(Br)c4n3)n2)c(Cl)c1. The molecular weight excluding hydrogens is 484 g/mol. The van der Waals surface area contributed by atoms with Crippen molar-refractivity contribution >= 4 is 48.9 Å². The summed E-state index contributed by atoms with van der Waals surface area (Å²) >= 11 is 9.64. The lowest BCUT2D eigenvalue weighted by Crippen LogP contribution is -2.09. The van der Waals surface area contributed by atoms with Crippen molar-refractivity contribution in [3.63, 3.8) is 0 Å². The van der Waals surface area contributed by atoms with Crippen molar-refractivity contribution in [3.05, 3.63) is 51.7 Å². The van der Waals surface area contributed by atoms with Gasteiger partial charge >= 0.3 is 0 Å². The summed E-state index contributed by atoms with van der Waals surface area (Å²) in [4.78, 5) is 8.77. The summed E-state index contributed by atoms with van der Waals surface area (Å²) in [5.74, 6) is 0.397. The number of nitriles is 1. The highest BCUT2D eigenvalue weighted by molar-refractivity contribution is 9.10. The van der Waals surface area contributed by atoms with Gasteiger partial charge in [-0.2, -0.15) is 10.2 Å². The Morgan fingerprint density at radius 2 is 2.07 bits per heavy atom. The summed E-state index contributed by atoms with van der Waals surface area (Å²) in [6, 6.07) is 8.33. The second-order valence-corrected chi connectivity index (χ2v) is 9.05. The Labute approximate surface area is 178 Å². The third kappa shape index (κ3) is 3.95. The molecule has 9 nitrogen and oxygen atoms in total. The van der Waals surface area contributed by atoms with Gasteiger partial charge in [0.2, 0.25) is 15.8 Å². The van der Waals surface area contributed by atoms with Gasteiger partial charge in [0.05, 0.1) is 21.3 Å². The third-order valence-corrected chi connectivity index (χ3v) is 5.30. The predicted octanol–water partition coefficient (Wildman–Crippen LogP) is 3.71. The Balaban J connectivity index is 1.69. The van der Waals surface area contributed by atoms with Gasteiger partial charge < -0.3 is 8.92 Å².